The second-order valence-corrected chi connectivity index (χ2v) is 3.22. The number of likely N-dealkylation sites (N-methyl/N-ethyl adjacent to an activating group) is 1. The summed E-state index contributed by atoms with van der Waals surface area (Å²) in [4.78, 5) is 9.98. The van der Waals surface area contributed by atoms with Gasteiger partial charge in [-0.15, -0.1) is 6.58 Å². The first kappa shape index (κ1) is 9.19. The lowest BCUT2D eigenvalue weighted by Gasteiger charge is -2.16. The minimum absolute atomic E-state index is 0.773. The van der Waals surface area contributed by atoms with E-state index in [2.05, 4.69) is 32.5 Å². The van der Waals surface area contributed by atoms with Gasteiger partial charge in [0.2, 0.25) is 0 Å². The van der Waals surface area contributed by atoms with Crippen LogP contribution < -0.4 is 4.90 Å². The van der Waals surface area contributed by atoms with Gasteiger partial charge >= 0.3 is 0 Å². The molecule has 0 saturated heterocycles. The van der Waals surface area contributed by atoms with Crippen LogP contribution in [0.4, 0.5) is 5.82 Å². The van der Waals surface area contributed by atoms with Crippen LogP contribution in [0.5, 0.6) is 0 Å². The molecule has 0 aromatic carbocycles. The van der Waals surface area contributed by atoms with E-state index in [0.717, 1.165) is 16.8 Å². The van der Waals surface area contributed by atoms with Crippen molar-refractivity contribution in [3.8, 4) is 0 Å². The molecule has 0 spiro atoms. The van der Waals surface area contributed by atoms with E-state index < -0.39 is 0 Å². The zero-order valence-corrected chi connectivity index (χ0v) is 8.45. The van der Waals surface area contributed by atoms with Gasteiger partial charge in [0.15, 0.2) is 0 Å². The van der Waals surface area contributed by atoms with Crippen molar-refractivity contribution in [3.63, 3.8) is 0 Å². The lowest BCUT2D eigenvalue weighted by atomic mass is 10.5. The zero-order valence-electron chi connectivity index (χ0n) is 6.87. The molecule has 0 amide bonds. The molecular weight excluding hydrogens is 218 g/mol. The van der Waals surface area contributed by atoms with Crippen LogP contribution in [0, 0.1) is 0 Å². The maximum atomic E-state index is 4.12. The highest BCUT2D eigenvalue weighted by atomic mass is 79.9. The first-order valence-corrected chi connectivity index (χ1v) is 4.32. The topological polar surface area (TPSA) is 29.0 Å². The number of halogens is 1. The third-order valence-electron chi connectivity index (χ3n) is 1.41. The number of hydrogen-bond acceptors (Lipinski definition) is 3. The van der Waals surface area contributed by atoms with Crippen molar-refractivity contribution in [3.05, 3.63) is 29.7 Å². The van der Waals surface area contributed by atoms with E-state index in [4.69, 9.17) is 0 Å². The van der Waals surface area contributed by atoms with Crippen LogP contribution >= 0.6 is 15.9 Å². The third-order valence-corrected chi connectivity index (χ3v) is 1.97. The Balaban J connectivity index is 2.86. The summed E-state index contributed by atoms with van der Waals surface area (Å²) in [5, 5.41) is 0. The normalized spacial score (nSPS) is 9.50. The van der Waals surface area contributed by atoms with Gasteiger partial charge in [0.25, 0.3) is 0 Å². The largest absolute Gasteiger partial charge is 0.355 e. The summed E-state index contributed by atoms with van der Waals surface area (Å²) >= 11 is 3.37. The molecule has 0 saturated carbocycles. The first-order chi connectivity index (χ1) is 5.75. The molecule has 0 atom stereocenters. The molecule has 0 aliphatic heterocycles. The van der Waals surface area contributed by atoms with Gasteiger partial charge in [-0.2, -0.15) is 0 Å². The Morgan fingerprint density at radius 2 is 2.50 bits per heavy atom. The lowest BCUT2D eigenvalue weighted by molar-refractivity contribution is 0.968. The molecule has 1 aromatic heterocycles. The summed E-state index contributed by atoms with van der Waals surface area (Å²) in [6, 6.07) is 0. The van der Waals surface area contributed by atoms with Crippen LogP contribution in [0.2, 0.25) is 0 Å². The molecule has 0 radical (unpaired) electrons. The van der Waals surface area contributed by atoms with Crippen molar-refractivity contribution in [1.29, 1.82) is 0 Å². The Morgan fingerprint density at radius 3 is 3.08 bits per heavy atom. The predicted octanol–water partition coefficient (Wildman–Crippen LogP) is 1.86. The van der Waals surface area contributed by atoms with E-state index in [-0.39, 0.29) is 0 Å². The molecule has 0 fully saturated rings. The summed E-state index contributed by atoms with van der Waals surface area (Å²) < 4.78 is 0.898. The predicted molar refractivity (Wildman–Crippen MR) is 53.2 cm³/mol. The van der Waals surface area contributed by atoms with Crippen LogP contribution in [0.15, 0.2) is 29.7 Å². The van der Waals surface area contributed by atoms with E-state index in [1.165, 1.54) is 6.33 Å². The molecule has 0 unspecified atom stereocenters. The zero-order chi connectivity index (χ0) is 8.97. The van der Waals surface area contributed by atoms with Crippen LogP contribution in [0.1, 0.15) is 0 Å². The average Bonchev–Trinajstić information content (AvgIpc) is 2.05. The molecular formula is C8H10BrN3. The van der Waals surface area contributed by atoms with Crippen molar-refractivity contribution < 1.29 is 0 Å². The fourth-order valence-corrected chi connectivity index (χ4v) is 1.39. The van der Waals surface area contributed by atoms with Crippen LogP contribution in [0.25, 0.3) is 0 Å². The molecule has 0 aliphatic carbocycles. The average molecular weight is 228 g/mol. The van der Waals surface area contributed by atoms with Crippen molar-refractivity contribution in [2.24, 2.45) is 0 Å². The number of nitrogens with zero attached hydrogens (tertiary/aromatic N) is 3. The Bertz CT molecular complexity index is 275. The van der Waals surface area contributed by atoms with Gasteiger partial charge in [-0.1, -0.05) is 6.08 Å². The van der Waals surface area contributed by atoms with E-state index in [0.29, 0.717) is 0 Å². The standard InChI is InChI=1S/C8H10BrN3/c1-3-4-12(2)8-7(9)5-10-6-11-8/h3,5-6H,1,4H2,2H3. The van der Waals surface area contributed by atoms with Crippen molar-refractivity contribution >= 4 is 21.7 Å². The molecule has 3 nitrogen and oxygen atoms in total. The summed E-state index contributed by atoms with van der Waals surface area (Å²) in [5.74, 6) is 0.880. The lowest BCUT2D eigenvalue weighted by Crippen LogP contribution is -2.18. The number of rotatable bonds is 3. The molecule has 0 N–H and O–H groups in total. The Morgan fingerprint density at radius 1 is 1.75 bits per heavy atom. The fraction of sp³-hybridized carbons (Fsp3) is 0.250. The highest BCUT2D eigenvalue weighted by molar-refractivity contribution is 9.10. The molecule has 1 aromatic rings. The van der Waals surface area contributed by atoms with Gasteiger partial charge in [0.05, 0.1) is 4.47 Å². The second kappa shape index (κ2) is 4.21. The maximum Gasteiger partial charge on any atom is 0.146 e. The molecule has 1 heterocycles. The van der Waals surface area contributed by atoms with Crippen LogP contribution in [-0.4, -0.2) is 23.6 Å². The van der Waals surface area contributed by atoms with Crippen molar-refractivity contribution in [2.45, 2.75) is 0 Å². The molecule has 12 heavy (non-hydrogen) atoms. The molecule has 64 valence electrons. The minimum Gasteiger partial charge on any atom is -0.355 e. The van der Waals surface area contributed by atoms with E-state index >= 15 is 0 Å². The molecule has 1 rings (SSSR count). The van der Waals surface area contributed by atoms with Crippen LogP contribution in [0.3, 0.4) is 0 Å². The van der Waals surface area contributed by atoms with E-state index in [9.17, 15) is 0 Å². The van der Waals surface area contributed by atoms with E-state index in [1.54, 1.807) is 6.20 Å². The summed E-state index contributed by atoms with van der Waals surface area (Å²) in [6.07, 6.45) is 5.08. The summed E-state index contributed by atoms with van der Waals surface area (Å²) in [7, 11) is 1.95. The smallest absolute Gasteiger partial charge is 0.146 e. The van der Waals surface area contributed by atoms with E-state index in [1.807, 2.05) is 18.0 Å². The van der Waals surface area contributed by atoms with Gasteiger partial charge in [-0.3, -0.25) is 0 Å². The SMILES string of the molecule is C=CCN(C)c1ncncc1Br. The minimum atomic E-state index is 0.773. The number of hydrogen-bond donors (Lipinski definition) is 0. The Hall–Kier alpha value is -0.900. The van der Waals surface area contributed by atoms with Gasteiger partial charge in [0.1, 0.15) is 12.1 Å². The van der Waals surface area contributed by atoms with Gasteiger partial charge in [-0.05, 0) is 15.9 Å². The summed E-state index contributed by atoms with van der Waals surface area (Å²) in [5.41, 5.74) is 0. The fourth-order valence-electron chi connectivity index (χ4n) is 0.867. The van der Waals surface area contributed by atoms with Crippen molar-refractivity contribution in [1.82, 2.24) is 9.97 Å². The van der Waals surface area contributed by atoms with Gasteiger partial charge < -0.3 is 4.90 Å². The number of aromatic nitrogens is 2. The number of anilines is 1. The maximum absolute atomic E-state index is 4.12. The monoisotopic (exact) mass is 227 g/mol. The Labute approximate surface area is 80.3 Å². The third kappa shape index (κ3) is 2.04. The Kier molecular flexibility index (Phi) is 3.22. The second-order valence-electron chi connectivity index (χ2n) is 2.36. The highest BCUT2D eigenvalue weighted by Gasteiger charge is 2.03. The molecule has 0 bridgehead atoms. The van der Waals surface area contributed by atoms with Gasteiger partial charge in [-0.25, -0.2) is 9.97 Å². The summed E-state index contributed by atoms with van der Waals surface area (Å²) in [6.45, 7) is 4.43. The first-order valence-electron chi connectivity index (χ1n) is 3.53. The van der Waals surface area contributed by atoms with Crippen LogP contribution in [-0.2, 0) is 0 Å². The molecule has 0 aliphatic rings. The van der Waals surface area contributed by atoms with Gasteiger partial charge in [0, 0.05) is 19.8 Å². The van der Waals surface area contributed by atoms with Crippen molar-refractivity contribution in [2.75, 3.05) is 18.5 Å². The quantitative estimate of drug-likeness (QED) is 0.739. The molecule has 4 heteroatoms. The highest BCUT2D eigenvalue weighted by Crippen LogP contribution is 2.20.